The van der Waals surface area contributed by atoms with Crippen molar-refractivity contribution in [1.82, 2.24) is 9.97 Å². The second-order valence-corrected chi connectivity index (χ2v) is 3.86. The maximum Gasteiger partial charge on any atom is 0.354 e. The first kappa shape index (κ1) is 12.0. The Morgan fingerprint density at radius 2 is 2.11 bits per heavy atom. The average Bonchev–Trinajstić information content (AvgIpc) is 2.40. The van der Waals surface area contributed by atoms with Crippen molar-refractivity contribution in [3.8, 4) is 0 Å². The maximum absolute atomic E-state index is 10.8. The van der Waals surface area contributed by atoms with Crippen molar-refractivity contribution in [3.63, 3.8) is 0 Å². The topological polar surface area (TPSA) is 75.1 Å². The van der Waals surface area contributed by atoms with Crippen LogP contribution in [0.25, 0.3) is 0 Å². The fraction of sp³-hybridized carbons (Fsp3) is 0.154. The third kappa shape index (κ3) is 2.82. The second-order valence-electron chi connectivity index (χ2n) is 3.86. The summed E-state index contributed by atoms with van der Waals surface area (Å²) in [6.07, 6.45) is 3.19. The van der Waals surface area contributed by atoms with Gasteiger partial charge < -0.3 is 10.4 Å². The molecule has 0 aliphatic carbocycles. The van der Waals surface area contributed by atoms with Crippen LogP contribution in [0.1, 0.15) is 29.1 Å². The summed E-state index contributed by atoms with van der Waals surface area (Å²) in [7, 11) is 0. The number of hydrogen-bond acceptors (Lipinski definition) is 4. The summed E-state index contributed by atoms with van der Waals surface area (Å²) < 4.78 is 0. The predicted molar refractivity (Wildman–Crippen MR) is 67.5 cm³/mol. The molecule has 2 heterocycles. The molecule has 0 aromatic carbocycles. The van der Waals surface area contributed by atoms with Gasteiger partial charge in [0, 0.05) is 18.1 Å². The first-order valence-corrected chi connectivity index (χ1v) is 5.53. The number of aromatic nitrogens is 2. The summed E-state index contributed by atoms with van der Waals surface area (Å²) in [4.78, 5) is 18.8. The lowest BCUT2D eigenvalue weighted by Gasteiger charge is -2.14. The van der Waals surface area contributed by atoms with Crippen molar-refractivity contribution in [2.24, 2.45) is 0 Å². The number of carbonyl (C=O) groups is 1. The van der Waals surface area contributed by atoms with E-state index in [1.165, 1.54) is 12.3 Å². The second kappa shape index (κ2) is 5.27. The zero-order valence-corrected chi connectivity index (χ0v) is 9.87. The van der Waals surface area contributed by atoms with E-state index in [9.17, 15) is 4.79 Å². The molecule has 5 nitrogen and oxygen atoms in total. The molecule has 0 aliphatic rings. The molecule has 1 atom stereocenters. The maximum atomic E-state index is 10.8. The minimum Gasteiger partial charge on any atom is -0.477 e. The Labute approximate surface area is 105 Å². The molecule has 0 aliphatic heterocycles. The van der Waals surface area contributed by atoms with Crippen LogP contribution in [0.5, 0.6) is 0 Å². The standard InChI is InChI=1S/C13H13N3O2/c1-9(11-4-2-3-6-14-11)16-10-5-7-15-12(8-10)13(17)18/h2-9H,1H3,(H,15,16)(H,17,18). The number of nitrogens with one attached hydrogen (secondary N) is 1. The molecule has 5 heteroatoms. The van der Waals surface area contributed by atoms with Crippen molar-refractivity contribution >= 4 is 11.7 Å². The van der Waals surface area contributed by atoms with Gasteiger partial charge in [0.15, 0.2) is 0 Å². The van der Waals surface area contributed by atoms with Crippen LogP contribution in [0.15, 0.2) is 42.7 Å². The smallest absolute Gasteiger partial charge is 0.354 e. The molecule has 0 spiro atoms. The van der Waals surface area contributed by atoms with Crippen LogP contribution in [0.2, 0.25) is 0 Å². The Morgan fingerprint density at radius 1 is 1.28 bits per heavy atom. The lowest BCUT2D eigenvalue weighted by atomic mass is 10.2. The molecule has 2 rings (SSSR count). The normalized spacial score (nSPS) is 11.8. The molecule has 0 bridgehead atoms. The van der Waals surface area contributed by atoms with Crippen LogP contribution in [-0.2, 0) is 0 Å². The van der Waals surface area contributed by atoms with E-state index in [-0.39, 0.29) is 11.7 Å². The summed E-state index contributed by atoms with van der Waals surface area (Å²) >= 11 is 0. The Kier molecular flexibility index (Phi) is 3.52. The number of nitrogens with zero attached hydrogens (tertiary/aromatic N) is 2. The molecule has 2 N–H and O–H groups in total. The SMILES string of the molecule is CC(Nc1ccnc(C(=O)O)c1)c1ccccn1. The van der Waals surface area contributed by atoms with Gasteiger partial charge in [-0.05, 0) is 31.2 Å². The third-order valence-electron chi connectivity index (χ3n) is 2.49. The Morgan fingerprint density at radius 3 is 2.78 bits per heavy atom. The average molecular weight is 243 g/mol. The van der Waals surface area contributed by atoms with Crippen molar-refractivity contribution in [1.29, 1.82) is 0 Å². The highest BCUT2D eigenvalue weighted by molar-refractivity contribution is 5.86. The highest BCUT2D eigenvalue weighted by atomic mass is 16.4. The number of carboxylic acids is 1. The van der Waals surface area contributed by atoms with E-state index in [1.807, 2.05) is 25.1 Å². The van der Waals surface area contributed by atoms with Crippen molar-refractivity contribution < 1.29 is 9.90 Å². The summed E-state index contributed by atoms with van der Waals surface area (Å²) in [6.45, 7) is 1.96. The number of pyridine rings is 2. The molecule has 1 unspecified atom stereocenters. The van der Waals surface area contributed by atoms with Gasteiger partial charge in [-0.25, -0.2) is 9.78 Å². The minimum absolute atomic E-state index is 0.00440. The molecule has 0 amide bonds. The van der Waals surface area contributed by atoms with Crippen molar-refractivity contribution in [3.05, 3.63) is 54.1 Å². The van der Waals surface area contributed by atoms with Crippen LogP contribution in [0.3, 0.4) is 0 Å². The number of carboxylic acid groups (broad SMARTS) is 1. The molecule has 0 saturated heterocycles. The molecular formula is C13H13N3O2. The molecular weight excluding hydrogens is 230 g/mol. The largest absolute Gasteiger partial charge is 0.477 e. The van der Waals surface area contributed by atoms with Gasteiger partial charge in [0.05, 0.1) is 11.7 Å². The van der Waals surface area contributed by atoms with E-state index in [1.54, 1.807) is 12.3 Å². The minimum atomic E-state index is -1.04. The van der Waals surface area contributed by atoms with Gasteiger partial charge in [0.25, 0.3) is 0 Å². The van der Waals surface area contributed by atoms with Crippen LogP contribution in [0.4, 0.5) is 5.69 Å². The highest BCUT2D eigenvalue weighted by Gasteiger charge is 2.08. The van der Waals surface area contributed by atoms with E-state index < -0.39 is 5.97 Å². The van der Waals surface area contributed by atoms with Crippen LogP contribution in [-0.4, -0.2) is 21.0 Å². The Bertz CT molecular complexity index is 543. The van der Waals surface area contributed by atoms with E-state index in [0.29, 0.717) is 5.69 Å². The fourth-order valence-electron chi connectivity index (χ4n) is 1.59. The Balaban J connectivity index is 2.14. The van der Waals surface area contributed by atoms with Crippen molar-refractivity contribution in [2.45, 2.75) is 13.0 Å². The summed E-state index contributed by atoms with van der Waals surface area (Å²) in [5.41, 5.74) is 1.62. The van der Waals surface area contributed by atoms with Gasteiger partial charge in [-0.2, -0.15) is 0 Å². The quantitative estimate of drug-likeness (QED) is 0.862. The first-order valence-electron chi connectivity index (χ1n) is 5.53. The molecule has 0 saturated carbocycles. The molecule has 0 fully saturated rings. The lowest BCUT2D eigenvalue weighted by molar-refractivity contribution is 0.0690. The number of rotatable bonds is 4. The van der Waals surface area contributed by atoms with E-state index >= 15 is 0 Å². The van der Waals surface area contributed by atoms with Gasteiger partial charge in [0.2, 0.25) is 0 Å². The fourth-order valence-corrected chi connectivity index (χ4v) is 1.59. The van der Waals surface area contributed by atoms with Crippen LogP contribution < -0.4 is 5.32 Å². The van der Waals surface area contributed by atoms with Gasteiger partial charge in [-0.1, -0.05) is 6.07 Å². The van der Waals surface area contributed by atoms with Gasteiger partial charge in [-0.15, -0.1) is 0 Å². The van der Waals surface area contributed by atoms with Crippen LogP contribution >= 0.6 is 0 Å². The van der Waals surface area contributed by atoms with E-state index in [0.717, 1.165) is 5.69 Å². The zero-order valence-electron chi connectivity index (χ0n) is 9.87. The number of hydrogen-bond donors (Lipinski definition) is 2. The highest BCUT2D eigenvalue weighted by Crippen LogP contribution is 2.17. The van der Waals surface area contributed by atoms with E-state index in [2.05, 4.69) is 15.3 Å². The molecule has 2 aromatic heterocycles. The van der Waals surface area contributed by atoms with Gasteiger partial charge in [-0.3, -0.25) is 4.98 Å². The Hall–Kier alpha value is -2.43. The van der Waals surface area contributed by atoms with Gasteiger partial charge >= 0.3 is 5.97 Å². The summed E-state index contributed by atoms with van der Waals surface area (Å²) in [6, 6.07) is 8.90. The lowest BCUT2D eigenvalue weighted by Crippen LogP contribution is -2.09. The van der Waals surface area contributed by atoms with Gasteiger partial charge in [0.1, 0.15) is 5.69 Å². The van der Waals surface area contributed by atoms with Crippen LogP contribution in [0, 0.1) is 0 Å². The summed E-state index contributed by atoms with van der Waals surface area (Å²) in [5, 5.41) is 12.0. The monoisotopic (exact) mass is 243 g/mol. The molecule has 0 radical (unpaired) electrons. The molecule has 2 aromatic rings. The van der Waals surface area contributed by atoms with E-state index in [4.69, 9.17) is 5.11 Å². The van der Waals surface area contributed by atoms with Crippen molar-refractivity contribution in [2.75, 3.05) is 5.32 Å². The molecule has 18 heavy (non-hydrogen) atoms. The molecule has 92 valence electrons. The zero-order chi connectivity index (χ0) is 13.0. The predicted octanol–water partition coefficient (Wildman–Crippen LogP) is 2.35. The number of aromatic carboxylic acids is 1. The third-order valence-corrected chi connectivity index (χ3v) is 2.49. The summed E-state index contributed by atoms with van der Waals surface area (Å²) in [5.74, 6) is -1.04. The number of anilines is 1. The first-order chi connectivity index (χ1) is 8.66.